The van der Waals surface area contributed by atoms with E-state index >= 15 is 0 Å². The summed E-state index contributed by atoms with van der Waals surface area (Å²) in [6.07, 6.45) is 6.85. The van der Waals surface area contributed by atoms with E-state index in [1.807, 2.05) is 49.3 Å². The van der Waals surface area contributed by atoms with Crippen LogP contribution in [0.15, 0.2) is 55.1 Å². The average Bonchev–Trinajstić information content (AvgIpc) is 3.36. The van der Waals surface area contributed by atoms with Crippen LogP contribution >= 0.6 is 0 Å². The van der Waals surface area contributed by atoms with Gasteiger partial charge in [0.2, 0.25) is 5.91 Å². The Morgan fingerprint density at radius 3 is 2.87 bits per heavy atom. The van der Waals surface area contributed by atoms with Crippen LogP contribution in [-0.4, -0.2) is 61.6 Å². The molecule has 0 saturated carbocycles. The molecule has 9 heteroatoms. The van der Waals surface area contributed by atoms with E-state index in [1.54, 1.807) is 24.8 Å². The van der Waals surface area contributed by atoms with Crippen LogP contribution in [0.25, 0.3) is 44.6 Å². The number of pyridine rings is 3. The zero-order valence-corrected chi connectivity index (χ0v) is 17.0. The first kappa shape index (κ1) is 18.9. The van der Waals surface area contributed by atoms with Crippen LogP contribution in [0.1, 0.15) is 0 Å². The number of hydrogen-bond donors (Lipinski definition) is 3. The van der Waals surface area contributed by atoms with Gasteiger partial charge in [0.15, 0.2) is 0 Å². The Labute approximate surface area is 177 Å². The largest absolute Gasteiger partial charge is 0.338 e. The molecule has 3 N–H and O–H groups in total. The number of nitrogens with zero attached hydrogens (tertiary/aromatic N) is 5. The number of rotatable bonds is 5. The van der Waals surface area contributed by atoms with Crippen LogP contribution < -0.4 is 5.32 Å². The number of nitrogens with one attached hydrogen (secondary N) is 3. The van der Waals surface area contributed by atoms with Crippen molar-refractivity contribution in [2.45, 2.75) is 0 Å². The number of aromatic amines is 2. The molecule has 31 heavy (non-hydrogen) atoms. The molecule has 5 heterocycles. The van der Waals surface area contributed by atoms with Gasteiger partial charge in [-0.15, -0.1) is 0 Å². The molecule has 0 bridgehead atoms. The highest BCUT2D eigenvalue weighted by molar-refractivity contribution is 5.96. The molecule has 0 aromatic carbocycles. The predicted octanol–water partition coefficient (Wildman–Crippen LogP) is 3.06. The van der Waals surface area contributed by atoms with E-state index in [0.717, 1.165) is 44.6 Å². The molecule has 0 fully saturated rings. The zero-order valence-electron chi connectivity index (χ0n) is 17.0. The molecule has 5 aromatic rings. The van der Waals surface area contributed by atoms with E-state index in [1.165, 1.54) is 0 Å². The summed E-state index contributed by atoms with van der Waals surface area (Å²) in [6, 6.07) is 9.77. The summed E-state index contributed by atoms with van der Waals surface area (Å²) in [5.74, 6) is -0.100. The first-order valence-corrected chi connectivity index (χ1v) is 9.75. The third-order valence-electron chi connectivity index (χ3n) is 4.87. The summed E-state index contributed by atoms with van der Waals surface area (Å²) in [6.45, 7) is 0.298. The van der Waals surface area contributed by atoms with Gasteiger partial charge in [-0.1, -0.05) is 0 Å². The first-order chi connectivity index (χ1) is 15.1. The Morgan fingerprint density at radius 1 is 1.13 bits per heavy atom. The molecule has 0 radical (unpaired) electrons. The average molecular weight is 412 g/mol. The number of fused-ring (bicyclic) bond motifs is 2. The molecular weight excluding hydrogens is 392 g/mol. The first-order valence-electron chi connectivity index (χ1n) is 9.75. The van der Waals surface area contributed by atoms with Gasteiger partial charge in [0, 0.05) is 28.7 Å². The number of hydrogen-bond acceptors (Lipinski definition) is 6. The van der Waals surface area contributed by atoms with E-state index in [0.29, 0.717) is 12.2 Å². The summed E-state index contributed by atoms with van der Waals surface area (Å²) in [7, 11) is 3.69. The molecule has 0 unspecified atom stereocenters. The molecule has 154 valence electrons. The van der Waals surface area contributed by atoms with Crippen molar-refractivity contribution in [3.63, 3.8) is 0 Å². The molecule has 0 aliphatic carbocycles. The Bertz CT molecular complexity index is 1370. The number of anilines is 1. The van der Waals surface area contributed by atoms with E-state index in [-0.39, 0.29) is 5.91 Å². The number of amides is 1. The van der Waals surface area contributed by atoms with Gasteiger partial charge < -0.3 is 15.2 Å². The molecule has 0 aliphatic rings. The SMILES string of the molecule is CN(C)CC(=O)Nc1cncc(-c2cc3c(-c4cc5cccnc5[nH]4)n[nH]c3cn2)c1. The number of carbonyl (C=O) groups is 1. The van der Waals surface area contributed by atoms with Crippen molar-refractivity contribution in [2.75, 3.05) is 26.0 Å². The van der Waals surface area contributed by atoms with Gasteiger partial charge in [-0.3, -0.25) is 19.9 Å². The molecule has 0 atom stereocenters. The van der Waals surface area contributed by atoms with Crippen LogP contribution in [0.4, 0.5) is 5.69 Å². The normalized spacial score (nSPS) is 11.5. The quantitative estimate of drug-likeness (QED) is 0.409. The molecule has 5 aromatic heterocycles. The highest BCUT2D eigenvalue weighted by atomic mass is 16.2. The predicted molar refractivity (Wildman–Crippen MR) is 119 cm³/mol. The maximum Gasteiger partial charge on any atom is 0.238 e. The minimum atomic E-state index is -0.100. The van der Waals surface area contributed by atoms with E-state index in [2.05, 4.69) is 35.5 Å². The van der Waals surface area contributed by atoms with Crippen molar-refractivity contribution >= 4 is 33.5 Å². The zero-order chi connectivity index (χ0) is 21.4. The van der Waals surface area contributed by atoms with Gasteiger partial charge in [-0.2, -0.15) is 5.10 Å². The molecule has 0 saturated heterocycles. The van der Waals surface area contributed by atoms with Crippen LogP contribution in [-0.2, 0) is 4.79 Å². The standard InChI is InChI=1S/C22H20N8O/c1-30(2)12-20(31)26-15-6-14(9-23-10-15)17-8-16-19(11-25-17)28-29-21(16)18-7-13-4-3-5-24-22(13)27-18/h3-11H,12H2,1-2H3,(H,24,27)(H,26,31)(H,28,29). The lowest BCUT2D eigenvalue weighted by molar-refractivity contribution is -0.116. The summed E-state index contributed by atoms with van der Waals surface area (Å²) < 4.78 is 0. The van der Waals surface area contributed by atoms with Gasteiger partial charge in [-0.05, 0) is 44.4 Å². The molecule has 0 aliphatic heterocycles. The van der Waals surface area contributed by atoms with Crippen LogP contribution in [0.3, 0.4) is 0 Å². The van der Waals surface area contributed by atoms with E-state index < -0.39 is 0 Å². The second-order valence-electron chi connectivity index (χ2n) is 7.56. The van der Waals surface area contributed by atoms with Crippen molar-refractivity contribution < 1.29 is 4.79 Å². The molecule has 9 nitrogen and oxygen atoms in total. The fourth-order valence-electron chi connectivity index (χ4n) is 3.50. The molecular formula is C22H20N8O. The number of H-pyrrole nitrogens is 2. The van der Waals surface area contributed by atoms with Crippen LogP contribution in [0.5, 0.6) is 0 Å². The van der Waals surface area contributed by atoms with Crippen molar-refractivity contribution in [2.24, 2.45) is 0 Å². The van der Waals surface area contributed by atoms with E-state index in [9.17, 15) is 4.79 Å². The third kappa shape index (κ3) is 3.74. The molecule has 1 amide bonds. The van der Waals surface area contributed by atoms with Crippen LogP contribution in [0.2, 0.25) is 0 Å². The summed E-state index contributed by atoms with van der Waals surface area (Å²) in [5.41, 5.74) is 5.47. The van der Waals surface area contributed by atoms with Crippen LogP contribution in [0, 0.1) is 0 Å². The topological polar surface area (TPSA) is 115 Å². The summed E-state index contributed by atoms with van der Waals surface area (Å²) in [5, 5.41) is 12.3. The minimum absolute atomic E-state index is 0.100. The van der Waals surface area contributed by atoms with Crippen molar-refractivity contribution in [1.29, 1.82) is 0 Å². The van der Waals surface area contributed by atoms with Gasteiger partial charge in [0.05, 0.1) is 41.5 Å². The number of aromatic nitrogens is 6. The lowest BCUT2D eigenvalue weighted by Crippen LogP contribution is -2.27. The number of carbonyl (C=O) groups excluding carboxylic acids is 1. The Morgan fingerprint density at radius 2 is 2.03 bits per heavy atom. The van der Waals surface area contributed by atoms with Gasteiger partial charge in [-0.25, -0.2) is 4.98 Å². The highest BCUT2D eigenvalue weighted by Gasteiger charge is 2.14. The molecule has 0 spiro atoms. The lowest BCUT2D eigenvalue weighted by Gasteiger charge is -2.10. The fraction of sp³-hybridized carbons (Fsp3) is 0.136. The second-order valence-corrected chi connectivity index (χ2v) is 7.56. The van der Waals surface area contributed by atoms with Gasteiger partial charge in [0.25, 0.3) is 0 Å². The Hall–Kier alpha value is -4.11. The lowest BCUT2D eigenvalue weighted by atomic mass is 10.1. The monoisotopic (exact) mass is 412 g/mol. The third-order valence-corrected chi connectivity index (χ3v) is 4.87. The van der Waals surface area contributed by atoms with E-state index in [4.69, 9.17) is 0 Å². The number of likely N-dealkylation sites (N-methyl/N-ethyl adjacent to an activating group) is 1. The smallest absolute Gasteiger partial charge is 0.238 e. The molecule has 5 rings (SSSR count). The Balaban J connectivity index is 1.51. The summed E-state index contributed by atoms with van der Waals surface area (Å²) >= 11 is 0. The second kappa shape index (κ2) is 7.62. The summed E-state index contributed by atoms with van der Waals surface area (Å²) in [4.78, 5) is 30.4. The van der Waals surface area contributed by atoms with Crippen molar-refractivity contribution in [3.8, 4) is 22.6 Å². The maximum atomic E-state index is 12.1. The van der Waals surface area contributed by atoms with Crippen molar-refractivity contribution in [3.05, 3.63) is 55.1 Å². The fourth-order valence-corrected chi connectivity index (χ4v) is 3.50. The maximum absolute atomic E-state index is 12.1. The minimum Gasteiger partial charge on any atom is -0.338 e. The highest BCUT2D eigenvalue weighted by Crippen LogP contribution is 2.30. The van der Waals surface area contributed by atoms with Crippen molar-refractivity contribution in [1.82, 2.24) is 35.0 Å². The van der Waals surface area contributed by atoms with Gasteiger partial charge in [0.1, 0.15) is 11.3 Å². The Kier molecular flexibility index (Phi) is 4.64. The van der Waals surface area contributed by atoms with Gasteiger partial charge >= 0.3 is 0 Å².